The van der Waals surface area contributed by atoms with Crippen LogP contribution in [0.2, 0.25) is 0 Å². The third kappa shape index (κ3) is 4.59. The van der Waals surface area contributed by atoms with Crippen molar-refractivity contribution in [3.05, 3.63) is 76.2 Å². The fourth-order valence-electron chi connectivity index (χ4n) is 3.53. The van der Waals surface area contributed by atoms with Crippen LogP contribution >= 0.6 is 0 Å². The minimum absolute atomic E-state index is 0.269. The Labute approximate surface area is 174 Å². The Morgan fingerprint density at radius 1 is 1.17 bits per heavy atom. The van der Waals surface area contributed by atoms with Gasteiger partial charge in [0.1, 0.15) is 5.82 Å². The van der Waals surface area contributed by atoms with Crippen molar-refractivity contribution >= 4 is 28.9 Å². The number of carbonyl (C=O) groups excluding carboxylic acids is 2. The summed E-state index contributed by atoms with van der Waals surface area (Å²) in [5.41, 5.74) is 4.42. The van der Waals surface area contributed by atoms with Gasteiger partial charge in [-0.3, -0.25) is 4.79 Å². The molecule has 0 atom stereocenters. The van der Waals surface area contributed by atoms with Gasteiger partial charge in [0.25, 0.3) is 0 Å². The van der Waals surface area contributed by atoms with Crippen molar-refractivity contribution in [1.82, 2.24) is 10.3 Å². The highest BCUT2D eigenvalue weighted by molar-refractivity contribution is 5.97. The first-order valence-corrected chi connectivity index (χ1v) is 9.90. The molecule has 2 N–H and O–H groups in total. The number of H-pyrrole nitrogens is 1. The summed E-state index contributed by atoms with van der Waals surface area (Å²) < 4.78 is 19.1. The smallest absolute Gasteiger partial charge is 0.338 e. The van der Waals surface area contributed by atoms with Crippen molar-refractivity contribution in [1.29, 1.82) is 0 Å². The van der Waals surface area contributed by atoms with Gasteiger partial charge in [-0.05, 0) is 62.1 Å². The summed E-state index contributed by atoms with van der Waals surface area (Å²) in [6, 6.07) is 10.2. The second kappa shape index (κ2) is 9.39. The zero-order valence-corrected chi connectivity index (χ0v) is 17.3. The number of carbonyl (C=O) groups is 2. The summed E-state index contributed by atoms with van der Waals surface area (Å²) in [6.07, 6.45) is 3.57. The van der Waals surface area contributed by atoms with Crippen molar-refractivity contribution in [3.8, 4) is 0 Å². The number of halogens is 1. The van der Waals surface area contributed by atoms with E-state index in [1.807, 2.05) is 13.8 Å². The standard InChI is InChI=1S/C24H25FN2O3/c1-4-30-24(29)19-8-6-5-7-17(19)10-12-21(28)26-14-13-18-16(3)27-23-20(25)11-9-15(2)22(18)23/h5-12,27H,4,13-14H2,1-3H3,(H,26,28). The van der Waals surface area contributed by atoms with Gasteiger partial charge in [0.2, 0.25) is 5.91 Å². The number of esters is 1. The summed E-state index contributed by atoms with van der Waals surface area (Å²) in [4.78, 5) is 27.4. The van der Waals surface area contributed by atoms with E-state index in [0.717, 1.165) is 22.2 Å². The highest BCUT2D eigenvalue weighted by Gasteiger charge is 2.14. The number of hydrogen-bond acceptors (Lipinski definition) is 3. The molecule has 3 aromatic rings. The number of rotatable bonds is 7. The van der Waals surface area contributed by atoms with Crippen molar-refractivity contribution < 1.29 is 18.7 Å². The second-order valence-corrected chi connectivity index (χ2v) is 7.02. The van der Waals surface area contributed by atoms with Gasteiger partial charge >= 0.3 is 5.97 Å². The lowest BCUT2D eigenvalue weighted by Crippen LogP contribution is -2.23. The molecule has 3 rings (SSSR count). The fraction of sp³-hybridized carbons (Fsp3) is 0.250. The topological polar surface area (TPSA) is 71.2 Å². The number of aromatic nitrogens is 1. The van der Waals surface area contributed by atoms with Crippen molar-refractivity contribution in [2.75, 3.05) is 13.2 Å². The molecule has 1 aromatic heterocycles. The van der Waals surface area contributed by atoms with Crippen LogP contribution < -0.4 is 5.32 Å². The lowest BCUT2D eigenvalue weighted by Gasteiger charge is -2.06. The number of benzene rings is 2. The van der Waals surface area contributed by atoms with E-state index >= 15 is 0 Å². The van der Waals surface area contributed by atoms with Crippen molar-refractivity contribution in [2.24, 2.45) is 0 Å². The Hall–Kier alpha value is -3.41. The zero-order valence-electron chi connectivity index (χ0n) is 17.3. The summed E-state index contributed by atoms with van der Waals surface area (Å²) in [6.45, 7) is 6.29. The second-order valence-electron chi connectivity index (χ2n) is 7.02. The van der Waals surface area contributed by atoms with E-state index in [9.17, 15) is 14.0 Å². The van der Waals surface area contributed by atoms with Crippen molar-refractivity contribution in [3.63, 3.8) is 0 Å². The number of fused-ring (bicyclic) bond motifs is 1. The lowest BCUT2D eigenvalue weighted by molar-refractivity contribution is -0.116. The molecule has 1 heterocycles. The number of aryl methyl sites for hydroxylation is 2. The van der Waals surface area contributed by atoms with Crippen LogP contribution in [0, 0.1) is 19.7 Å². The minimum Gasteiger partial charge on any atom is -0.462 e. The molecule has 1 amide bonds. The van der Waals surface area contributed by atoms with Crippen LogP contribution in [0.5, 0.6) is 0 Å². The average molecular weight is 408 g/mol. The van der Waals surface area contributed by atoms with Gasteiger partial charge in [0, 0.05) is 23.7 Å². The maximum atomic E-state index is 14.1. The van der Waals surface area contributed by atoms with Crippen LogP contribution in [0.25, 0.3) is 17.0 Å². The molecule has 0 aliphatic carbocycles. The molecule has 0 spiro atoms. The predicted molar refractivity (Wildman–Crippen MR) is 116 cm³/mol. The third-order valence-electron chi connectivity index (χ3n) is 4.97. The maximum Gasteiger partial charge on any atom is 0.338 e. The van der Waals surface area contributed by atoms with E-state index in [1.54, 1.807) is 43.3 Å². The minimum atomic E-state index is -0.421. The molecular weight excluding hydrogens is 383 g/mol. The molecule has 6 heteroatoms. The third-order valence-corrected chi connectivity index (χ3v) is 4.97. The summed E-state index contributed by atoms with van der Waals surface area (Å²) >= 11 is 0. The Morgan fingerprint density at radius 2 is 1.93 bits per heavy atom. The van der Waals surface area contributed by atoms with Crippen LogP contribution in [0.4, 0.5) is 4.39 Å². The van der Waals surface area contributed by atoms with E-state index < -0.39 is 5.97 Å². The molecule has 0 aliphatic rings. The van der Waals surface area contributed by atoms with Gasteiger partial charge in [0.05, 0.1) is 17.7 Å². The Balaban J connectivity index is 1.66. The summed E-state index contributed by atoms with van der Waals surface area (Å²) in [5.74, 6) is -0.971. The first-order valence-electron chi connectivity index (χ1n) is 9.90. The molecule has 0 unspecified atom stereocenters. The maximum absolute atomic E-state index is 14.1. The number of amides is 1. The summed E-state index contributed by atoms with van der Waals surface area (Å²) in [7, 11) is 0. The molecule has 0 bridgehead atoms. The van der Waals surface area contributed by atoms with Crippen LogP contribution in [-0.2, 0) is 16.0 Å². The van der Waals surface area contributed by atoms with Gasteiger partial charge in [-0.25, -0.2) is 9.18 Å². The van der Waals surface area contributed by atoms with Gasteiger partial charge < -0.3 is 15.0 Å². The number of ether oxygens (including phenoxy) is 1. The van der Waals surface area contributed by atoms with E-state index in [4.69, 9.17) is 4.74 Å². The Bertz CT molecular complexity index is 1120. The molecule has 0 aliphatic heterocycles. The first kappa shape index (κ1) is 21.3. The molecule has 156 valence electrons. The Morgan fingerprint density at radius 3 is 2.70 bits per heavy atom. The lowest BCUT2D eigenvalue weighted by atomic mass is 10.0. The van der Waals surface area contributed by atoms with Gasteiger partial charge in [-0.2, -0.15) is 0 Å². The number of nitrogens with one attached hydrogen (secondary N) is 2. The Kier molecular flexibility index (Phi) is 6.67. The molecule has 5 nitrogen and oxygen atoms in total. The number of aromatic amines is 1. The van der Waals surface area contributed by atoms with Crippen molar-refractivity contribution in [2.45, 2.75) is 27.2 Å². The fourth-order valence-corrected chi connectivity index (χ4v) is 3.53. The molecule has 0 fully saturated rings. The van der Waals surface area contributed by atoms with Crippen LogP contribution in [-0.4, -0.2) is 30.0 Å². The first-order chi connectivity index (χ1) is 14.4. The SMILES string of the molecule is CCOC(=O)c1ccccc1C=CC(=O)NCCc1c(C)[nH]c2c(F)ccc(C)c12. The van der Waals surface area contributed by atoms with E-state index in [0.29, 0.717) is 29.6 Å². The highest BCUT2D eigenvalue weighted by Crippen LogP contribution is 2.27. The van der Waals surface area contributed by atoms with E-state index in [2.05, 4.69) is 10.3 Å². The van der Waals surface area contributed by atoms with Gasteiger partial charge in [0.15, 0.2) is 0 Å². The predicted octanol–water partition coefficient (Wildman–Crippen LogP) is 4.47. The molecule has 0 saturated carbocycles. The van der Waals surface area contributed by atoms with E-state index in [-0.39, 0.29) is 18.3 Å². The normalized spacial score (nSPS) is 11.2. The van der Waals surface area contributed by atoms with Crippen LogP contribution in [0.1, 0.15) is 39.7 Å². The van der Waals surface area contributed by atoms with E-state index in [1.165, 1.54) is 12.1 Å². The molecular formula is C24H25FN2O3. The van der Waals surface area contributed by atoms with Gasteiger partial charge in [-0.15, -0.1) is 0 Å². The van der Waals surface area contributed by atoms with Gasteiger partial charge in [-0.1, -0.05) is 24.3 Å². The monoisotopic (exact) mass is 408 g/mol. The average Bonchev–Trinajstić information content (AvgIpc) is 3.07. The zero-order chi connectivity index (χ0) is 21.7. The largest absolute Gasteiger partial charge is 0.462 e. The summed E-state index contributed by atoms with van der Waals surface area (Å²) in [5, 5.41) is 3.72. The molecule has 0 saturated heterocycles. The number of hydrogen-bond donors (Lipinski definition) is 2. The van der Waals surface area contributed by atoms with Crippen LogP contribution in [0.3, 0.4) is 0 Å². The molecule has 0 radical (unpaired) electrons. The van der Waals surface area contributed by atoms with Crippen LogP contribution in [0.15, 0.2) is 42.5 Å². The quantitative estimate of drug-likeness (QED) is 0.448. The highest BCUT2D eigenvalue weighted by atomic mass is 19.1. The molecule has 30 heavy (non-hydrogen) atoms. The molecule has 2 aromatic carbocycles.